The number of amides is 1. The number of nitrogens with one attached hydrogen (secondary N) is 1. The van der Waals surface area contributed by atoms with Gasteiger partial charge >= 0.3 is 6.09 Å². The van der Waals surface area contributed by atoms with Crippen LogP contribution in [0.15, 0.2) is 11.4 Å². The van der Waals surface area contributed by atoms with Gasteiger partial charge in [-0.05, 0) is 38.4 Å². The Balaban J connectivity index is 2.11. The number of piperazine rings is 1. The van der Waals surface area contributed by atoms with Crippen LogP contribution < -0.4 is 5.32 Å². The molecule has 100 valence electrons. The largest absolute Gasteiger partial charge is 0.444 e. The molecule has 5 nitrogen and oxygen atoms in total. The fourth-order valence-corrected chi connectivity index (χ4v) is 2.47. The summed E-state index contributed by atoms with van der Waals surface area (Å²) in [6.45, 7) is 7.81. The molecule has 0 spiro atoms. The molecule has 18 heavy (non-hydrogen) atoms. The number of hydrogen-bond donors (Lipinski definition) is 1. The maximum Gasteiger partial charge on any atom is 0.410 e. The fraction of sp³-hybridized carbons (Fsp3) is 0.667. The molecule has 1 aromatic rings. The third-order valence-electron chi connectivity index (χ3n) is 2.67. The maximum atomic E-state index is 12.2. The van der Waals surface area contributed by atoms with Crippen molar-refractivity contribution in [2.24, 2.45) is 0 Å². The van der Waals surface area contributed by atoms with Gasteiger partial charge in [-0.15, -0.1) is 0 Å². The summed E-state index contributed by atoms with van der Waals surface area (Å²) in [6.07, 6.45) is -0.262. The number of carbonyl (C=O) groups excluding carboxylic acids is 1. The van der Waals surface area contributed by atoms with Crippen molar-refractivity contribution in [1.82, 2.24) is 14.6 Å². The zero-order valence-corrected chi connectivity index (χ0v) is 11.8. The molecule has 1 saturated heterocycles. The van der Waals surface area contributed by atoms with Crippen molar-refractivity contribution in [3.8, 4) is 0 Å². The molecular formula is C12H19N3O2S. The highest BCUT2D eigenvalue weighted by Crippen LogP contribution is 2.23. The van der Waals surface area contributed by atoms with E-state index in [4.69, 9.17) is 4.74 Å². The van der Waals surface area contributed by atoms with E-state index in [-0.39, 0.29) is 12.1 Å². The molecule has 1 N–H and O–H groups in total. The van der Waals surface area contributed by atoms with Crippen LogP contribution in [-0.4, -0.2) is 40.6 Å². The van der Waals surface area contributed by atoms with Gasteiger partial charge in [-0.1, -0.05) is 0 Å². The van der Waals surface area contributed by atoms with E-state index in [9.17, 15) is 4.79 Å². The lowest BCUT2D eigenvalue weighted by molar-refractivity contribution is 0.0114. The predicted molar refractivity (Wildman–Crippen MR) is 70.7 cm³/mol. The first kappa shape index (κ1) is 13.3. The maximum absolute atomic E-state index is 12.2. The van der Waals surface area contributed by atoms with E-state index in [1.165, 1.54) is 11.5 Å². The molecule has 6 heteroatoms. The van der Waals surface area contributed by atoms with Crippen molar-refractivity contribution in [3.05, 3.63) is 17.1 Å². The van der Waals surface area contributed by atoms with Crippen molar-refractivity contribution in [2.45, 2.75) is 32.4 Å². The molecule has 2 rings (SSSR count). The van der Waals surface area contributed by atoms with Crippen molar-refractivity contribution >= 4 is 17.6 Å². The van der Waals surface area contributed by atoms with Crippen LogP contribution in [0.25, 0.3) is 0 Å². The third kappa shape index (κ3) is 3.20. The minimum Gasteiger partial charge on any atom is -0.444 e. The Morgan fingerprint density at radius 2 is 2.39 bits per heavy atom. The van der Waals surface area contributed by atoms with Crippen molar-refractivity contribution in [2.75, 3.05) is 19.6 Å². The second-order valence-corrected chi connectivity index (χ2v) is 5.98. The Morgan fingerprint density at radius 1 is 1.61 bits per heavy atom. The molecule has 0 aromatic carbocycles. The van der Waals surface area contributed by atoms with Gasteiger partial charge in [-0.2, -0.15) is 4.37 Å². The highest BCUT2D eigenvalue weighted by atomic mass is 32.1. The summed E-state index contributed by atoms with van der Waals surface area (Å²) in [5, 5.41) is 5.21. The van der Waals surface area contributed by atoms with Crippen molar-refractivity contribution < 1.29 is 9.53 Å². The Labute approximate surface area is 111 Å². The van der Waals surface area contributed by atoms with E-state index >= 15 is 0 Å². The fourth-order valence-electron chi connectivity index (χ4n) is 1.90. The van der Waals surface area contributed by atoms with Gasteiger partial charge in [0.2, 0.25) is 0 Å². The Hall–Kier alpha value is -1.14. The van der Waals surface area contributed by atoms with Gasteiger partial charge in [0.05, 0.1) is 11.7 Å². The molecule has 1 atom stereocenters. The molecule has 1 fully saturated rings. The topological polar surface area (TPSA) is 54.5 Å². The third-order valence-corrected chi connectivity index (χ3v) is 3.24. The number of aromatic nitrogens is 1. The Bertz CT molecular complexity index is 400. The summed E-state index contributed by atoms with van der Waals surface area (Å²) in [7, 11) is 0. The lowest BCUT2D eigenvalue weighted by atomic mass is 10.1. The minimum absolute atomic E-state index is 0.0279. The number of carbonyl (C=O) groups is 1. The van der Waals surface area contributed by atoms with Gasteiger partial charge in [-0.3, -0.25) is 4.90 Å². The minimum atomic E-state index is -0.464. The van der Waals surface area contributed by atoms with E-state index < -0.39 is 5.60 Å². The number of nitrogens with zero attached hydrogens (tertiary/aromatic N) is 2. The lowest BCUT2D eigenvalue weighted by Crippen LogP contribution is -2.50. The van der Waals surface area contributed by atoms with Gasteiger partial charge in [0.25, 0.3) is 0 Å². The van der Waals surface area contributed by atoms with E-state index in [1.807, 2.05) is 32.2 Å². The molecular weight excluding hydrogens is 250 g/mol. The van der Waals surface area contributed by atoms with Crippen LogP contribution in [0.2, 0.25) is 0 Å². The quantitative estimate of drug-likeness (QED) is 0.847. The summed E-state index contributed by atoms with van der Waals surface area (Å²) in [5.74, 6) is 0. The van der Waals surface area contributed by atoms with Gasteiger partial charge in [0.15, 0.2) is 0 Å². The van der Waals surface area contributed by atoms with Crippen LogP contribution in [0.5, 0.6) is 0 Å². The van der Waals surface area contributed by atoms with Gasteiger partial charge < -0.3 is 10.1 Å². The van der Waals surface area contributed by atoms with E-state index in [0.717, 1.165) is 18.8 Å². The summed E-state index contributed by atoms with van der Waals surface area (Å²) < 4.78 is 9.76. The molecule has 0 radical (unpaired) electrons. The van der Waals surface area contributed by atoms with Crippen LogP contribution in [0.1, 0.15) is 32.5 Å². The number of hydrogen-bond acceptors (Lipinski definition) is 5. The van der Waals surface area contributed by atoms with E-state index in [2.05, 4.69) is 9.69 Å². The molecule has 1 unspecified atom stereocenters. The summed E-state index contributed by atoms with van der Waals surface area (Å²) in [4.78, 5) is 13.9. The molecule has 0 saturated carbocycles. The average Bonchev–Trinajstić information content (AvgIpc) is 2.80. The highest BCUT2D eigenvalue weighted by Gasteiger charge is 2.32. The molecule has 2 heterocycles. The van der Waals surface area contributed by atoms with Gasteiger partial charge in [0, 0.05) is 25.0 Å². The summed E-state index contributed by atoms with van der Waals surface area (Å²) in [6, 6.07) is 1.93. The van der Waals surface area contributed by atoms with Crippen LogP contribution in [0.4, 0.5) is 4.79 Å². The first-order valence-corrected chi connectivity index (χ1v) is 6.91. The van der Waals surface area contributed by atoms with Gasteiger partial charge in [-0.25, -0.2) is 4.79 Å². The molecule has 1 aliphatic rings. The second-order valence-electron chi connectivity index (χ2n) is 5.32. The SMILES string of the molecule is CC(C)(C)OC(=O)N1CCNCC1c1ccsn1. The van der Waals surface area contributed by atoms with Crippen LogP contribution in [0.3, 0.4) is 0 Å². The monoisotopic (exact) mass is 269 g/mol. The van der Waals surface area contributed by atoms with E-state index in [0.29, 0.717) is 6.54 Å². The Kier molecular flexibility index (Phi) is 3.87. The molecule has 1 aliphatic heterocycles. The summed E-state index contributed by atoms with van der Waals surface area (Å²) in [5.41, 5.74) is 0.465. The normalized spacial score (nSPS) is 20.8. The standard InChI is InChI=1S/C12H19N3O2S/c1-12(2,3)17-11(16)15-6-5-13-8-10(15)9-4-7-18-14-9/h4,7,10,13H,5-6,8H2,1-3H3. The summed E-state index contributed by atoms with van der Waals surface area (Å²) >= 11 is 1.40. The first-order chi connectivity index (χ1) is 8.47. The second kappa shape index (κ2) is 5.24. The average molecular weight is 269 g/mol. The molecule has 1 aromatic heterocycles. The van der Waals surface area contributed by atoms with Crippen LogP contribution in [0, 0.1) is 0 Å². The van der Waals surface area contributed by atoms with Crippen molar-refractivity contribution in [1.29, 1.82) is 0 Å². The molecule has 0 bridgehead atoms. The predicted octanol–water partition coefficient (Wildman–Crippen LogP) is 2.02. The molecule has 0 aliphatic carbocycles. The molecule has 1 amide bonds. The highest BCUT2D eigenvalue weighted by molar-refractivity contribution is 7.03. The first-order valence-electron chi connectivity index (χ1n) is 6.08. The van der Waals surface area contributed by atoms with Crippen LogP contribution >= 0.6 is 11.5 Å². The smallest absolute Gasteiger partial charge is 0.410 e. The van der Waals surface area contributed by atoms with E-state index in [1.54, 1.807) is 4.90 Å². The lowest BCUT2D eigenvalue weighted by Gasteiger charge is -2.36. The number of ether oxygens (including phenoxy) is 1. The zero-order chi connectivity index (χ0) is 13.2. The Morgan fingerprint density at radius 3 is 3.00 bits per heavy atom. The van der Waals surface area contributed by atoms with Gasteiger partial charge in [0.1, 0.15) is 5.60 Å². The number of rotatable bonds is 1. The zero-order valence-electron chi connectivity index (χ0n) is 11.0. The van der Waals surface area contributed by atoms with Crippen molar-refractivity contribution in [3.63, 3.8) is 0 Å². The van der Waals surface area contributed by atoms with Crippen LogP contribution in [-0.2, 0) is 4.74 Å².